The van der Waals surface area contributed by atoms with E-state index in [2.05, 4.69) is 103 Å². The van der Waals surface area contributed by atoms with Gasteiger partial charge in [0.15, 0.2) is 0 Å². The van der Waals surface area contributed by atoms with E-state index in [0.717, 1.165) is 13.1 Å². The van der Waals surface area contributed by atoms with Gasteiger partial charge in [-0.25, -0.2) is 0 Å². The third kappa shape index (κ3) is 4.95. The summed E-state index contributed by atoms with van der Waals surface area (Å²) in [6.45, 7) is 11.7. The van der Waals surface area contributed by atoms with Crippen molar-refractivity contribution in [3.63, 3.8) is 0 Å². The average molecular weight is 434 g/mol. The van der Waals surface area contributed by atoms with Crippen LogP contribution in [-0.4, -0.2) is 73.6 Å². The number of likely N-dealkylation sites (N-methyl/N-ethyl adjacent to an activating group) is 1. The van der Waals surface area contributed by atoms with Gasteiger partial charge in [0.25, 0.3) is 0 Å². The van der Waals surface area contributed by atoms with Crippen LogP contribution in [0.2, 0.25) is 0 Å². The topological polar surface area (TPSA) is 9.72 Å². The van der Waals surface area contributed by atoms with Crippen LogP contribution in [0.3, 0.4) is 0 Å². The summed E-state index contributed by atoms with van der Waals surface area (Å²) in [7, 11) is 4.65. The lowest BCUT2D eigenvalue weighted by Gasteiger charge is -2.49. The quantitative estimate of drug-likeness (QED) is 0.530. The van der Waals surface area contributed by atoms with Crippen LogP contribution >= 0.6 is 0 Å². The second-order valence-corrected chi connectivity index (χ2v) is 10.3. The van der Waals surface area contributed by atoms with E-state index >= 15 is 0 Å². The summed E-state index contributed by atoms with van der Waals surface area (Å²) >= 11 is 0. The normalized spacial score (nSPS) is 28.4. The minimum absolute atomic E-state index is 0.225. The highest BCUT2D eigenvalue weighted by molar-refractivity contribution is 5.30. The molecule has 3 aliphatic rings. The van der Waals surface area contributed by atoms with Crippen LogP contribution in [0.15, 0.2) is 60.7 Å². The molecule has 0 amide bonds. The van der Waals surface area contributed by atoms with Crippen molar-refractivity contribution in [2.75, 3.05) is 53.4 Å². The SMILES string of the molecule is CCN(CC)CCCN1CC2C(c3ccccc3)CC(N(C)C)(CC2c2ccccc2)C1. The van der Waals surface area contributed by atoms with Crippen LogP contribution in [0.25, 0.3) is 0 Å². The third-order valence-corrected chi connectivity index (χ3v) is 8.47. The van der Waals surface area contributed by atoms with E-state index in [4.69, 9.17) is 0 Å². The first-order valence-corrected chi connectivity index (χ1v) is 12.8. The number of rotatable bonds is 9. The molecule has 3 heteroatoms. The summed E-state index contributed by atoms with van der Waals surface area (Å²) in [6, 6.07) is 22.8. The molecule has 0 N–H and O–H groups in total. The van der Waals surface area contributed by atoms with Crippen LogP contribution in [0.4, 0.5) is 0 Å². The van der Waals surface area contributed by atoms with Gasteiger partial charge in [-0.15, -0.1) is 0 Å². The molecule has 174 valence electrons. The summed E-state index contributed by atoms with van der Waals surface area (Å²) in [6.07, 6.45) is 3.80. The van der Waals surface area contributed by atoms with Gasteiger partial charge in [-0.05, 0) is 88.4 Å². The summed E-state index contributed by atoms with van der Waals surface area (Å²) in [4.78, 5) is 7.95. The average Bonchev–Trinajstić information content (AvgIpc) is 3.10. The van der Waals surface area contributed by atoms with E-state index in [1.165, 1.54) is 56.6 Å². The smallest absolute Gasteiger partial charge is 0.0342 e. The monoisotopic (exact) mass is 433 g/mol. The Balaban J connectivity index is 1.65. The first-order valence-electron chi connectivity index (χ1n) is 12.8. The zero-order valence-corrected chi connectivity index (χ0v) is 20.7. The Labute approximate surface area is 196 Å². The molecule has 2 unspecified atom stereocenters. The van der Waals surface area contributed by atoms with Gasteiger partial charge in [-0.1, -0.05) is 74.5 Å². The maximum atomic E-state index is 2.82. The molecule has 2 atom stereocenters. The first kappa shape index (κ1) is 23.5. The molecule has 1 saturated carbocycles. The number of fused-ring (bicyclic) bond motifs is 4. The van der Waals surface area contributed by atoms with E-state index in [-0.39, 0.29) is 5.54 Å². The van der Waals surface area contributed by atoms with Gasteiger partial charge in [0, 0.05) is 18.6 Å². The maximum Gasteiger partial charge on any atom is 0.0342 e. The fourth-order valence-corrected chi connectivity index (χ4v) is 6.51. The van der Waals surface area contributed by atoms with Crippen LogP contribution in [0, 0.1) is 5.92 Å². The molecule has 2 aliphatic heterocycles. The third-order valence-electron chi connectivity index (χ3n) is 8.47. The summed E-state index contributed by atoms with van der Waals surface area (Å²) in [5, 5.41) is 0. The van der Waals surface area contributed by atoms with E-state index in [9.17, 15) is 0 Å². The van der Waals surface area contributed by atoms with E-state index in [1.54, 1.807) is 0 Å². The molecule has 0 spiro atoms. The van der Waals surface area contributed by atoms with E-state index in [0.29, 0.717) is 17.8 Å². The molecular weight excluding hydrogens is 390 g/mol. The zero-order valence-electron chi connectivity index (χ0n) is 20.7. The molecule has 1 aliphatic carbocycles. The predicted molar refractivity (Wildman–Crippen MR) is 136 cm³/mol. The molecule has 2 aromatic rings. The molecular formula is C29H43N3. The van der Waals surface area contributed by atoms with Crippen LogP contribution in [0.1, 0.15) is 56.1 Å². The fraction of sp³-hybridized carbons (Fsp3) is 0.586. The van der Waals surface area contributed by atoms with Crippen LogP contribution < -0.4 is 0 Å². The van der Waals surface area contributed by atoms with Gasteiger partial charge in [-0.3, -0.25) is 0 Å². The highest BCUT2D eigenvalue weighted by Crippen LogP contribution is 2.54. The Morgan fingerprint density at radius 1 is 0.844 bits per heavy atom. The largest absolute Gasteiger partial charge is 0.304 e. The van der Waals surface area contributed by atoms with Gasteiger partial charge in [-0.2, -0.15) is 0 Å². The number of hydrogen-bond donors (Lipinski definition) is 0. The van der Waals surface area contributed by atoms with Gasteiger partial charge < -0.3 is 14.7 Å². The standard InChI is InChI=1S/C29H43N3/c1-5-31(6-2)18-13-19-32-22-28-26(24-14-9-7-10-15-24)20-29(23-32,30(3)4)21-27(28)25-16-11-8-12-17-25/h7-12,14-17,26-28H,5-6,13,18-23H2,1-4H3. The summed E-state index contributed by atoms with van der Waals surface area (Å²) in [5.74, 6) is 1.90. The molecule has 2 saturated heterocycles. The van der Waals surface area contributed by atoms with E-state index in [1.807, 2.05) is 0 Å². The molecule has 2 bridgehead atoms. The Morgan fingerprint density at radius 2 is 1.38 bits per heavy atom. The maximum absolute atomic E-state index is 2.82. The van der Waals surface area contributed by atoms with Crippen molar-refractivity contribution in [1.82, 2.24) is 14.7 Å². The summed E-state index contributed by atoms with van der Waals surface area (Å²) in [5.41, 5.74) is 3.30. The van der Waals surface area contributed by atoms with Crippen molar-refractivity contribution in [3.8, 4) is 0 Å². The number of hydrogen-bond acceptors (Lipinski definition) is 3. The minimum atomic E-state index is 0.225. The highest BCUT2D eigenvalue weighted by atomic mass is 15.2. The van der Waals surface area contributed by atoms with E-state index < -0.39 is 0 Å². The van der Waals surface area contributed by atoms with Crippen molar-refractivity contribution in [2.45, 2.75) is 50.5 Å². The van der Waals surface area contributed by atoms with Crippen molar-refractivity contribution in [2.24, 2.45) is 5.92 Å². The van der Waals surface area contributed by atoms with Gasteiger partial charge >= 0.3 is 0 Å². The fourth-order valence-electron chi connectivity index (χ4n) is 6.51. The first-order chi connectivity index (χ1) is 15.6. The molecule has 0 radical (unpaired) electrons. The van der Waals surface area contributed by atoms with Gasteiger partial charge in [0.05, 0.1) is 0 Å². The lowest BCUT2D eigenvalue weighted by Crippen LogP contribution is -2.54. The summed E-state index contributed by atoms with van der Waals surface area (Å²) < 4.78 is 0. The molecule has 0 aromatic heterocycles. The van der Waals surface area contributed by atoms with Crippen molar-refractivity contribution < 1.29 is 0 Å². The molecule has 3 fully saturated rings. The van der Waals surface area contributed by atoms with Gasteiger partial charge in [0.1, 0.15) is 0 Å². The number of benzene rings is 2. The van der Waals surface area contributed by atoms with Crippen molar-refractivity contribution in [3.05, 3.63) is 71.8 Å². The lowest BCUT2D eigenvalue weighted by atomic mass is 9.61. The second-order valence-electron chi connectivity index (χ2n) is 10.3. The molecule has 3 nitrogen and oxygen atoms in total. The Bertz CT molecular complexity index is 765. The highest BCUT2D eigenvalue weighted by Gasteiger charge is 2.51. The van der Waals surface area contributed by atoms with Crippen molar-refractivity contribution in [1.29, 1.82) is 0 Å². The molecule has 2 aromatic carbocycles. The number of nitrogens with zero attached hydrogens (tertiary/aromatic N) is 3. The second kappa shape index (κ2) is 10.5. The molecule has 2 heterocycles. The lowest BCUT2D eigenvalue weighted by molar-refractivity contribution is 0.0643. The van der Waals surface area contributed by atoms with Crippen molar-refractivity contribution >= 4 is 0 Å². The molecule has 5 rings (SSSR count). The Hall–Kier alpha value is -1.68. The van der Waals surface area contributed by atoms with Crippen LogP contribution in [0.5, 0.6) is 0 Å². The Morgan fingerprint density at radius 3 is 1.84 bits per heavy atom. The van der Waals surface area contributed by atoms with Gasteiger partial charge in [0.2, 0.25) is 0 Å². The van der Waals surface area contributed by atoms with Crippen LogP contribution in [-0.2, 0) is 0 Å². The Kier molecular flexibility index (Phi) is 7.70. The predicted octanol–water partition coefficient (Wildman–Crippen LogP) is 5.31. The zero-order chi connectivity index (χ0) is 22.6. The minimum Gasteiger partial charge on any atom is -0.304 e. The molecule has 32 heavy (non-hydrogen) atoms.